The molecule has 3 nitrogen and oxygen atoms in total. The summed E-state index contributed by atoms with van der Waals surface area (Å²) in [6, 6.07) is 0. The van der Waals surface area contributed by atoms with Crippen molar-refractivity contribution in [1.29, 1.82) is 0 Å². The third-order valence-electron chi connectivity index (χ3n) is 3.42. The predicted octanol–water partition coefficient (Wildman–Crippen LogP) is 4.31. The normalized spacial score (nSPS) is 11.9. The Morgan fingerprint density at radius 2 is 1.65 bits per heavy atom. The van der Waals surface area contributed by atoms with Gasteiger partial charge < -0.3 is 10.6 Å². The van der Waals surface area contributed by atoms with E-state index in [0.29, 0.717) is 6.54 Å². The van der Waals surface area contributed by atoms with Crippen molar-refractivity contribution in [2.24, 2.45) is 5.73 Å². The van der Waals surface area contributed by atoms with Crippen molar-refractivity contribution in [3.63, 3.8) is 0 Å². The van der Waals surface area contributed by atoms with Gasteiger partial charge in [-0.25, -0.2) is 4.98 Å². The molecule has 0 aromatic carbocycles. The first kappa shape index (κ1) is 17.4. The van der Waals surface area contributed by atoms with E-state index >= 15 is 0 Å². The average Bonchev–Trinajstić information content (AvgIpc) is 2.83. The maximum Gasteiger partial charge on any atom is 0.185 e. The Labute approximate surface area is 128 Å². The lowest BCUT2D eigenvalue weighted by molar-refractivity contribution is 0.564. The molecule has 0 atom stereocenters. The van der Waals surface area contributed by atoms with Gasteiger partial charge in [-0.3, -0.25) is 0 Å². The molecule has 0 saturated heterocycles. The number of nitrogens with two attached hydrogens (primary N) is 1. The van der Waals surface area contributed by atoms with E-state index in [0.717, 1.165) is 18.2 Å². The van der Waals surface area contributed by atoms with Gasteiger partial charge in [-0.2, -0.15) is 0 Å². The number of aromatic nitrogens is 1. The molecule has 0 bridgehead atoms. The first-order valence-electron chi connectivity index (χ1n) is 7.89. The Hall–Kier alpha value is -0.610. The minimum Gasteiger partial charge on any atom is -0.348 e. The van der Waals surface area contributed by atoms with E-state index in [-0.39, 0.29) is 5.41 Å². The fraction of sp³-hybridized carbons (Fsp3) is 0.812. The second kappa shape index (κ2) is 7.99. The van der Waals surface area contributed by atoms with Gasteiger partial charge in [-0.15, -0.1) is 11.3 Å². The van der Waals surface area contributed by atoms with E-state index < -0.39 is 0 Å². The van der Waals surface area contributed by atoms with Gasteiger partial charge in [0.2, 0.25) is 0 Å². The summed E-state index contributed by atoms with van der Waals surface area (Å²) in [4.78, 5) is 8.61. The number of thiazole rings is 1. The molecule has 0 aliphatic heterocycles. The highest BCUT2D eigenvalue weighted by Gasteiger charge is 2.24. The first-order chi connectivity index (χ1) is 9.43. The standard InChI is InChI=1S/C16H31N3S/c1-6-8-10-19(11-9-7-2)15-18-14(16(3,4)5)13(12-17)20-15/h6-12,17H2,1-5H3. The van der Waals surface area contributed by atoms with E-state index in [2.05, 4.69) is 39.5 Å². The zero-order valence-corrected chi connectivity index (χ0v) is 14.6. The van der Waals surface area contributed by atoms with Crippen molar-refractivity contribution in [3.8, 4) is 0 Å². The molecular weight excluding hydrogens is 266 g/mol. The number of hydrogen-bond acceptors (Lipinski definition) is 4. The van der Waals surface area contributed by atoms with Gasteiger partial charge in [-0.05, 0) is 12.8 Å². The van der Waals surface area contributed by atoms with Crippen LogP contribution in [-0.4, -0.2) is 18.1 Å². The van der Waals surface area contributed by atoms with E-state index in [9.17, 15) is 0 Å². The van der Waals surface area contributed by atoms with E-state index in [1.165, 1.54) is 36.3 Å². The van der Waals surface area contributed by atoms with Gasteiger partial charge in [0, 0.05) is 29.9 Å². The Kier molecular flexibility index (Phi) is 6.96. The summed E-state index contributed by atoms with van der Waals surface area (Å²) in [6.07, 6.45) is 4.91. The fourth-order valence-corrected chi connectivity index (χ4v) is 3.40. The third-order valence-corrected chi connectivity index (χ3v) is 4.55. The quantitative estimate of drug-likeness (QED) is 0.777. The molecule has 0 aliphatic carbocycles. The lowest BCUT2D eigenvalue weighted by atomic mass is 9.91. The van der Waals surface area contributed by atoms with Crippen LogP contribution in [0.5, 0.6) is 0 Å². The molecular formula is C16H31N3S. The Balaban J connectivity index is 2.97. The van der Waals surface area contributed by atoms with Crippen LogP contribution in [0.3, 0.4) is 0 Å². The molecule has 0 amide bonds. The number of unbranched alkanes of at least 4 members (excludes halogenated alkanes) is 2. The number of anilines is 1. The highest BCUT2D eigenvalue weighted by Crippen LogP contribution is 2.33. The highest BCUT2D eigenvalue weighted by atomic mass is 32.1. The summed E-state index contributed by atoms with van der Waals surface area (Å²) in [5, 5.41) is 1.16. The second-order valence-electron chi connectivity index (χ2n) is 6.42. The number of rotatable bonds is 8. The molecule has 1 aromatic heterocycles. The zero-order chi connectivity index (χ0) is 15.2. The minimum atomic E-state index is 0.0740. The van der Waals surface area contributed by atoms with Gasteiger partial charge in [0.05, 0.1) is 5.69 Å². The highest BCUT2D eigenvalue weighted by molar-refractivity contribution is 7.15. The zero-order valence-electron chi connectivity index (χ0n) is 13.8. The molecule has 1 aromatic rings. The topological polar surface area (TPSA) is 42.2 Å². The maximum atomic E-state index is 5.91. The average molecular weight is 298 g/mol. The molecule has 0 saturated carbocycles. The number of hydrogen-bond donors (Lipinski definition) is 1. The Morgan fingerprint density at radius 1 is 1.10 bits per heavy atom. The van der Waals surface area contributed by atoms with Crippen molar-refractivity contribution < 1.29 is 0 Å². The van der Waals surface area contributed by atoms with Gasteiger partial charge in [0.25, 0.3) is 0 Å². The monoisotopic (exact) mass is 297 g/mol. The lowest BCUT2D eigenvalue weighted by Gasteiger charge is -2.22. The van der Waals surface area contributed by atoms with E-state index in [1.54, 1.807) is 11.3 Å². The SMILES string of the molecule is CCCCN(CCCC)c1nc(C(C)(C)C)c(CN)s1. The molecule has 20 heavy (non-hydrogen) atoms. The van der Waals surface area contributed by atoms with Crippen LogP contribution in [0.15, 0.2) is 0 Å². The molecule has 2 N–H and O–H groups in total. The largest absolute Gasteiger partial charge is 0.348 e. The van der Waals surface area contributed by atoms with Gasteiger partial charge >= 0.3 is 0 Å². The lowest BCUT2D eigenvalue weighted by Crippen LogP contribution is -2.25. The summed E-state index contributed by atoms with van der Waals surface area (Å²) in [5.74, 6) is 0. The van der Waals surface area contributed by atoms with E-state index in [1.807, 2.05) is 0 Å². The van der Waals surface area contributed by atoms with Crippen LogP contribution < -0.4 is 10.6 Å². The van der Waals surface area contributed by atoms with Crippen LogP contribution in [0, 0.1) is 0 Å². The van der Waals surface area contributed by atoms with Gasteiger partial charge in [-0.1, -0.05) is 47.5 Å². The Morgan fingerprint density at radius 3 is 2.00 bits per heavy atom. The van der Waals surface area contributed by atoms with Crippen LogP contribution in [0.2, 0.25) is 0 Å². The summed E-state index contributed by atoms with van der Waals surface area (Å²) in [6.45, 7) is 13.9. The molecule has 1 rings (SSSR count). The molecule has 0 radical (unpaired) electrons. The molecule has 4 heteroatoms. The smallest absolute Gasteiger partial charge is 0.185 e. The molecule has 0 aliphatic rings. The summed E-state index contributed by atoms with van der Waals surface area (Å²) in [5.41, 5.74) is 7.17. The van der Waals surface area contributed by atoms with Crippen LogP contribution >= 0.6 is 11.3 Å². The summed E-state index contributed by atoms with van der Waals surface area (Å²) in [7, 11) is 0. The van der Waals surface area contributed by atoms with Crippen molar-refractivity contribution >= 4 is 16.5 Å². The maximum absolute atomic E-state index is 5.91. The minimum absolute atomic E-state index is 0.0740. The third kappa shape index (κ3) is 4.74. The second-order valence-corrected chi connectivity index (χ2v) is 7.48. The van der Waals surface area contributed by atoms with Crippen LogP contribution in [0.4, 0.5) is 5.13 Å². The fourth-order valence-electron chi connectivity index (χ4n) is 2.20. The van der Waals surface area contributed by atoms with Crippen molar-refractivity contribution in [3.05, 3.63) is 10.6 Å². The molecule has 1 heterocycles. The molecule has 116 valence electrons. The summed E-state index contributed by atoms with van der Waals surface area (Å²) < 4.78 is 0. The van der Waals surface area contributed by atoms with Gasteiger partial charge in [0.1, 0.15) is 0 Å². The van der Waals surface area contributed by atoms with Crippen LogP contribution in [-0.2, 0) is 12.0 Å². The molecule has 0 fully saturated rings. The summed E-state index contributed by atoms with van der Waals surface area (Å²) >= 11 is 1.79. The number of nitrogens with zero attached hydrogens (tertiary/aromatic N) is 2. The van der Waals surface area contributed by atoms with Crippen LogP contribution in [0.25, 0.3) is 0 Å². The van der Waals surface area contributed by atoms with E-state index in [4.69, 9.17) is 10.7 Å². The van der Waals surface area contributed by atoms with Crippen molar-refractivity contribution in [2.45, 2.75) is 72.3 Å². The van der Waals surface area contributed by atoms with Crippen molar-refractivity contribution in [2.75, 3.05) is 18.0 Å². The van der Waals surface area contributed by atoms with Crippen LogP contribution in [0.1, 0.15) is 70.9 Å². The van der Waals surface area contributed by atoms with Gasteiger partial charge in [0.15, 0.2) is 5.13 Å². The predicted molar refractivity (Wildman–Crippen MR) is 90.7 cm³/mol. The molecule has 0 unspecified atom stereocenters. The molecule has 0 spiro atoms. The van der Waals surface area contributed by atoms with Crippen molar-refractivity contribution in [1.82, 2.24) is 4.98 Å². The first-order valence-corrected chi connectivity index (χ1v) is 8.70. The Bertz CT molecular complexity index is 385.